The third-order valence-corrected chi connectivity index (χ3v) is 10.0. The smallest absolute Gasteiger partial charge is 0.319 e. The lowest BCUT2D eigenvalue weighted by molar-refractivity contribution is -0.137. The monoisotopic (exact) mass is 642 g/mol. The molecule has 10 heteroatoms. The Hall–Kier alpha value is -2.85. The van der Waals surface area contributed by atoms with Gasteiger partial charge in [0.25, 0.3) is 5.91 Å². The van der Waals surface area contributed by atoms with Crippen molar-refractivity contribution in [1.82, 2.24) is 15.1 Å². The van der Waals surface area contributed by atoms with E-state index in [-0.39, 0.29) is 54.5 Å². The van der Waals surface area contributed by atoms with Crippen LogP contribution in [0.2, 0.25) is 0 Å². The van der Waals surface area contributed by atoms with Crippen LogP contribution in [0, 0.1) is 11.8 Å². The summed E-state index contributed by atoms with van der Waals surface area (Å²) in [7, 11) is 1.87. The molecule has 4 amide bonds. The van der Waals surface area contributed by atoms with Crippen LogP contribution < -0.4 is 15.4 Å². The number of aliphatic hydroxyl groups is 1. The number of urea groups is 1. The third kappa shape index (κ3) is 10.3. The van der Waals surface area contributed by atoms with Crippen LogP contribution in [-0.2, 0) is 9.53 Å². The number of aliphatic hydroxyl groups excluding tert-OH is 1. The SMILES string of the molecule is C[C@@H]1CN([C@@H](C)CO)C(=O)c2cc(NC(=O)NC3CCCCC3)ccc2O[C@@H](C)CCCCO[C@H]1CN(C)C(=O)C1CCCCC1. The molecule has 0 saturated heterocycles. The normalized spacial score (nSPS) is 25.0. The van der Waals surface area contributed by atoms with E-state index in [1.165, 1.54) is 12.8 Å². The molecule has 10 nitrogen and oxygen atoms in total. The zero-order valence-electron chi connectivity index (χ0n) is 28.6. The molecule has 4 atom stereocenters. The highest BCUT2D eigenvalue weighted by Crippen LogP contribution is 2.29. The van der Waals surface area contributed by atoms with E-state index >= 15 is 0 Å². The Kier molecular flexibility index (Phi) is 14.0. The second-order valence-electron chi connectivity index (χ2n) is 14.0. The van der Waals surface area contributed by atoms with Crippen molar-refractivity contribution in [2.45, 2.75) is 129 Å². The predicted octanol–water partition coefficient (Wildman–Crippen LogP) is 5.98. The summed E-state index contributed by atoms with van der Waals surface area (Å²) in [5.74, 6) is 0.313. The number of anilines is 1. The Morgan fingerprint density at radius 2 is 1.67 bits per heavy atom. The number of ether oxygens (including phenoxy) is 2. The zero-order chi connectivity index (χ0) is 33.1. The molecule has 46 heavy (non-hydrogen) atoms. The second kappa shape index (κ2) is 17.9. The van der Waals surface area contributed by atoms with Gasteiger partial charge in [0.05, 0.1) is 30.4 Å². The zero-order valence-corrected chi connectivity index (χ0v) is 28.6. The van der Waals surface area contributed by atoms with E-state index in [1.807, 2.05) is 32.7 Å². The van der Waals surface area contributed by atoms with E-state index in [9.17, 15) is 19.5 Å². The molecule has 1 aromatic rings. The summed E-state index contributed by atoms with van der Waals surface area (Å²) >= 11 is 0. The van der Waals surface area contributed by atoms with Gasteiger partial charge >= 0.3 is 6.03 Å². The molecule has 0 radical (unpaired) electrons. The van der Waals surface area contributed by atoms with Gasteiger partial charge in [0.1, 0.15) is 5.75 Å². The minimum absolute atomic E-state index is 0.0746. The molecule has 0 spiro atoms. The maximum atomic E-state index is 14.4. The number of nitrogens with zero attached hydrogens (tertiary/aromatic N) is 2. The first-order valence-electron chi connectivity index (χ1n) is 17.8. The lowest BCUT2D eigenvalue weighted by Gasteiger charge is -2.36. The van der Waals surface area contributed by atoms with Gasteiger partial charge in [0.2, 0.25) is 5.91 Å². The van der Waals surface area contributed by atoms with Gasteiger partial charge in [-0.25, -0.2) is 4.79 Å². The van der Waals surface area contributed by atoms with Crippen molar-refractivity contribution < 1.29 is 29.0 Å². The first-order chi connectivity index (χ1) is 22.2. The number of likely N-dealkylation sites (N-methyl/N-ethyl adjacent to an activating group) is 1. The quantitative estimate of drug-likeness (QED) is 0.337. The Morgan fingerprint density at radius 3 is 2.37 bits per heavy atom. The van der Waals surface area contributed by atoms with Crippen LogP contribution in [0.1, 0.15) is 115 Å². The number of rotatable bonds is 7. The molecule has 3 aliphatic rings. The van der Waals surface area contributed by atoms with E-state index < -0.39 is 6.04 Å². The topological polar surface area (TPSA) is 120 Å². The first-order valence-corrected chi connectivity index (χ1v) is 17.8. The van der Waals surface area contributed by atoms with E-state index in [4.69, 9.17) is 9.47 Å². The van der Waals surface area contributed by atoms with Gasteiger partial charge in [-0.1, -0.05) is 45.4 Å². The number of benzene rings is 1. The Morgan fingerprint density at radius 1 is 1.00 bits per heavy atom. The van der Waals surface area contributed by atoms with Crippen LogP contribution >= 0.6 is 0 Å². The largest absolute Gasteiger partial charge is 0.490 e. The molecule has 2 aliphatic carbocycles. The molecule has 3 N–H and O–H groups in total. The summed E-state index contributed by atoms with van der Waals surface area (Å²) in [5.41, 5.74) is 0.848. The maximum Gasteiger partial charge on any atom is 0.319 e. The number of hydrogen-bond acceptors (Lipinski definition) is 6. The third-order valence-electron chi connectivity index (χ3n) is 10.0. The maximum absolute atomic E-state index is 14.4. The van der Waals surface area contributed by atoms with Crippen LogP contribution in [0.4, 0.5) is 10.5 Å². The number of hydrogen-bond donors (Lipinski definition) is 3. The van der Waals surface area contributed by atoms with Crippen LogP contribution in [0.5, 0.6) is 5.75 Å². The molecule has 1 aromatic carbocycles. The average molecular weight is 643 g/mol. The molecule has 4 rings (SSSR count). The van der Waals surface area contributed by atoms with Gasteiger partial charge in [-0.15, -0.1) is 0 Å². The van der Waals surface area contributed by atoms with Crippen LogP contribution in [0.25, 0.3) is 0 Å². The van der Waals surface area contributed by atoms with Crippen molar-refractivity contribution in [3.05, 3.63) is 23.8 Å². The number of amides is 4. The molecule has 0 bridgehead atoms. The highest BCUT2D eigenvalue weighted by atomic mass is 16.5. The molecular formula is C36H58N4O6. The fraction of sp³-hybridized carbons (Fsp3) is 0.750. The van der Waals surface area contributed by atoms with E-state index in [0.29, 0.717) is 36.7 Å². The lowest BCUT2D eigenvalue weighted by atomic mass is 9.88. The molecule has 258 valence electrons. The number of nitrogens with one attached hydrogen (secondary N) is 2. The summed E-state index contributed by atoms with van der Waals surface area (Å²) in [6.07, 6.45) is 12.8. The van der Waals surface area contributed by atoms with Crippen molar-refractivity contribution in [2.24, 2.45) is 11.8 Å². The van der Waals surface area contributed by atoms with Crippen molar-refractivity contribution >= 4 is 23.5 Å². The van der Waals surface area contributed by atoms with Crippen molar-refractivity contribution in [3.8, 4) is 5.75 Å². The van der Waals surface area contributed by atoms with Gasteiger partial charge in [-0.2, -0.15) is 0 Å². The van der Waals surface area contributed by atoms with E-state index in [2.05, 4.69) is 10.6 Å². The number of fused-ring (bicyclic) bond motifs is 1. The lowest BCUT2D eigenvalue weighted by Crippen LogP contribution is -2.48. The van der Waals surface area contributed by atoms with Gasteiger partial charge in [0.15, 0.2) is 0 Å². The highest BCUT2D eigenvalue weighted by Gasteiger charge is 2.32. The minimum Gasteiger partial charge on any atom is -0.490 e. The predicted molar refractivity (Wildman–Crippen MR) is 180 cm³/mol. The summed E-state index contributed by atoms with van der Waals surface area (Å²) in [5, 5.41) is 16.2. The van der Waals surface area contributed by atoms with Gasteiger partial charge < -0.3 is 35.0 Å². The summed E-state index contributed by atoms with van der Waals surface area (Å²) in [6.45, 7) is 7.00. The fourth-order valence-electron chi connectivity index (χ4n) is 7.08. The van der Waals surface area contributed by atoms with E-state index in [0.717, 1.165) is 70.6 Å². The van der Waals surface area contributed by atoms with Crippen LogP contribution in [0.15, 0.2) is 18.2 Å². The second-order valence-corrected chi connectivity index (χ2v) is 14.0. The summed E-state index contributed by atoms with van der Waals surface area (Å²) < 4.78 is 12.8. The van der Waals surface area contributed by atoms with Crippen LogP contribution in [-0.4, -0.2) is 90.4 Å². The molecular weight excluding hydrogens is 584 g/mol. The summed E-state index contributed by atoms with van der Waals surface area (Å²) in [6, 6.07) is 4.62. The molecule has 2 fully saturated rings. The van der Waals surface area contributed by atoms with Gasteiger partial charge in [-0.3, -0.25) is 9.59 Å². The Balaban J connectivity index is 1.56. The average Bonchev–Trinajstić information content (AvgIpc) is 3.06. The highest BCUT2D eigenvalue weighted by molar-refractivity contribution is 5.99. The summed E-state index contributed by atoms with van der Waals surface area (Å²) in [4.78, 5) is 44.1. The molecule has 0 aromatic heterocycles. The molecule has 0 unspecified atom stereocenters. The standard InChI is InChI=1S/C36H58N4O6/c1-25-22-40(26(2)24-41)35(43)31-21-30(38-36(44)37-29-16-9-6-10-17-29)18-19-32(31)46-27(3)13-11-12-20-45-33(25)23-39(4)34(42)28-14-7-5-8-15-28/h18-19,21,25-29,33,41H,5-17,20,22-24H2,1-4H3,(H2,37,38,44)/t25-,26+,27+,33+/m1/s1. The molecule has 1 heterocycles. The molecule has 1 aliphatic heterocycles. The van der Waals surface area contributed by atoms with Gasteiger partial charge in [-0.05, 0) is 77.0 Å². The first kappa shape index (κ1) is 36.0. The fourth-order valence-corrected chi connectivity index (χ4v) is 7.08. The Bertz CT molecular complexity index is 1140. The minimum atomic E-state index is -0.471. The van der Waals surface area contributed by atoms with E-state index in [1.54, 1.807) is 23.1 Å². The molecule has 2 saturated carbocycles. The Labute approximate surface area is 275 Å². The number of carbonyl (C=O) groups excluding carboxylic acids is 3. The van der Waals surface area contributed by atoms with Crippen molar-refractivity contribution in [2.75, 3.05) is 38.7 Å². The number of carbonyl (C=O) groups is 3. The van der Waals surface area contributed by atoms with Gasteiger partial charge in [0, 0.05) is 50.3 Å². The van der Waals surface area contributed by atoms with Crippen LogP contribution in [0.3, 0.4) is 0 Å². The van der Waals surface area contributed by atoms with Crippen molar-refractivity contribution in [1.29, 1.82) is 0 Å². The van der Waals surface area contributed by atoms with Crippen molar-refractivity contribution in [3.63, 3.8) is 0 Å².